The summed E-state index contributed by atoms with van der Waals surface area (Å²) in [4.78, 5) is 24.5. The number of anilines is 1. The van der Waals surface area contributed by atoms with Gasteiger partial charge < -0.3 is 15.3 Å². The fourth-order valence-electron chi connectivity index (χ4n) is 2.70. The standard InChI is InChI=1S/C13H12Cl2FN5O2/c14-10-8(16)9-7(4-17-10)11(20-12(15)19-9)21-3-1-2-6(5-21)18-13(22)23/h4,6,18H,1-3,5H2,(H,22,23). The van der Waals surface area contributed by atoms with E-state index in [2.05, 4.69) is 20.3 Å². The Kier molecular flexibility index (Phi) is 4.36. The summed E-state index contributed by atoms with van der Waals surface area (Å²) in [5.41, 5.74) is -0.00619. The van der Waals surface area contributed by atoms with Crippen molar-refractivity contribution in [1.29, 1.82) is 0 Å². The molecular formula is C13H12Cl2FN5O2. The number of carbonyl (C=O) groups is 1. The first kappa shape index (κ1) is 15.9. The lowest BCUT2D eigenvalue weighted by molar-refractivity contribution is 0.188. The first-order chi connectivity index (χ1) is 11.0. The summed E-state index contributed by atoms with van der Waals surface area (Å²) >= 11 is 11.6. The van der Waals surface area contributed by atoms with Crippen molar-refractivity contribution in [1.82, 2.24) is 20.3 Å². The summed E-state index contributed by atoms with van der Waals surface area (Å²) in [5, 5.41) is 11.3. The maximum atomic E-state index is 14.1. The smallest absolute Gasteiger partial charge is 0.404 e. The maximum Gasteiger partial charge on any atom is 0.404 e. The van der Waals surface area contributed by atoms with Gasteiger partial charge in [-0.1, -0.05) is 11.6 Å². The Morgan fingerprint density at radius 1 is 1.43 bits per heavy atom. The van der Waals surface area contributed by atoms with Crippen molar-refractivity contribution in [2.75, 3.05) is 18.0 Å². The number of carboxylic acid groups (broad SMARTS) is 1. The van der Waals surface area contributed by atoms with E-state index in [1.807, 2.05) is 4.90 Å². The molecule has 0 aromatic carbocycles. The van der Waals surface area contributed by atoms with Crippen LogP contribution in [-0.4, -0.2) is 45.3 Å². The molecule has 1 amide bonds. The average molecular weight is 360 g/mol. The molecule has 0 saturated carbocycles. The number of fused-ring (bicyclic) bond motifs is 1. The lowest BCUT2D eigenvalue weighted by Crippen LogP contribution is -2.47. The van der Waals surface area contributed by atoms with Crippen molar-refractivity contribution in [3.63, 3.8) is 0 Å². The van der Waals surface area contributed by atoms with E-state index in [0.717, 1.165) is 12.8 Å². The second kappa shape index (κ2) is 6.29. The van der Waals surface area contributed by atoms with Crippen molar-refractivity contribution < 1.29 is 14.3 Å². The van der Waals surface area contributed by atoms with Gasteiger partial charge in [-0.15, -0.1) is 0 Å². The van der Waals surface area contributed by atoms with Crippen LogP contribution in [0.3, 0.4) is 0 Å². The van der Waals surface area contributed by atoms with Gasteiger partial charge in [0.1, 0.15) is 11.3 Å². The van der Waals surface area contributed by atoms with Crippen LogP contribution in [0.5, 0.6) is 0 Å². The Morgan fingerprint density at radius 3 is 2.96 bits per heavy atom. The van der Waals surface area contributed by atoms with Crippen molar-refractivity contribution in [3.05, 3.63) is 22.5 Å². The van der Waals surface area contributed by atoms with E-state index >= 15 is 0 Å². The van der Waals surface area contributed by atoms with Crippen LogP contribution < -0.4 is 10.2 Å². The van der Waals surface area contributed by atoms with E-state index in [1.54, 1.807) is 0 Å². The lowest BCUT2D eigenvalue weighted by atomic mass is 10.1. The molecule has 0 aliphatic carbocycles. The van der Waals surface area contributed by atoms with Crippen molar-refractivity contribution in [3.8, 4) is 0 Å². The maximum absolute atomic E-state index is 14.1. The lowest BCUT2D eigenvalue weighted by Gasteiger charge is -2.33. The summed E-state index contributed by atoms with van der Waals surface area (Å²) in [6.45, 7) is 1.05. The van der Waals surface area contributed by atoms with Crippen LogP contribution in [0.2, 0.25) is 10.4 Å². The van der Waals surface area contributed by atoms with Gasteiger partial charge in [0.05, 0.1) is 5.39 Å². The highest BCUT2D eigenvalue weighted by molar-refractivity contribution is 6.30. The van der Waals surface area contributed by atoms with Crippen LogP contribution in [0.1, 0.15) is 12.8 Å². The van der Waals surface area contributed by atoms with Gasteiger partial charge in [-0.2, -0.15) is 4.98 Å². The fourth-order valence-corrected chi connectivity index (χ4v) is 3.00. The number of pyridine rings is 1. The topological polar surface area (TPSA) is 91.2 Å². The van der Waals surface area contributed by atoms with Crippen molar-refractivity contribution in [2.24, 2.45) is 0 Å². The van der Waals surface area contributed by atoms with Crippen LogP contribution in [0.25, 0.3) is 10.9 Å². The van der Waals surface area contributed by atoms with Crippen molar-refractivity contribution >= 4 is 46.0 Å². The van der Waals surface area contributed by atoms with E-state index < -0.39 is 11.9 Å². The molecule has 2 aromatic rings. The Labute approximate surface area is 140 Å². The Balaban J connectivity index is 2.02. The first-order valence-corrected chi connectivity index (χ1v) is 7.63. The molecule has 1 atom stereocenters. The van der Waals surface area contributed by atoms with Gasteiger partial charge >= 0.3 is 6.09 Å². The SMILES string of the molecule is O=C(O)NC1CCCN(c2nc(Cl)nc3c(F)c(Cl)ncc23)C1. The highest BCUT2D eigenvalue weighted by atomic mass is 35.5. The molecule has 7 nitrogen and oxygen atoms in total. The van der Waals surface area contributed by atoms with E-state index in [4.69, 9.17) is 28.3 Å². The average Bonchev–Trinajstić information content (AvgIpc) is 2.50. The van der Waals surface area contributed by atoms with Crippen molar-refractivity contribution in [2.45, 2.75) is 18.9 Å². The summed E-state index contributed by atoms with van der Waals surface area (Å²) in [6, 6.07) is -0.241. The van der Waals surface area contributed by atoms with Crippen LogP contribution in [0.4, 0.5) is 15.0 Å². The molecule has 0 bridgehead atoms. The Hall–Kier alpha value is -1.93. The number of hydrogen-bond acceptors (Lipinski definition) is 5. The molecule has 10 heteroatoms. The van der Waals surface area contributed by atoms with Gasteiger partial charge in [-0.3, -0.25) is 0 Å². The zero-order chi connectivity index (χ0) is 16.6. The number of amides is 1. The molecular weight excluding hydrogens is 348 g/mol. The molecule has 0 radical (unpaired) electrons. The molecule has 122 valence electrons. The molecule has 2 aromatic heterocycles. The molecule has 1 unspecified atom stereocenters. The molecule has 23 heavy (non-hydrogen) atoms. The molecule has 1 aliphatic rings. The molecule has 1 aliphatic heterocycles. The van der Waals surface area contributed by atoms with Gasteiger partial charge in [-0.25, -0.2) is 19.2 Å². The highest BCUT2D eigenvalue weighted by Crippen LogP contribution is 2.30. The van der Waals surface area contributed by atoms with Gasteiger partial charge in [0, 0.05) is 25.3 Å². The molecule has 2 N–H and O–H groups in total. The minimum atomic E-state index is -1.08. The normalized spacial score (nSPS) is 18.2. The van der Waals surface area contributed by atoms with E-state index in [9.17, 15) is 9.18 Å². The fraction of sp³-hybridized carbons (Fsp3) is 0.385. The number of aromatic nitrogens is 3. The monoisotopic (exact) mass is 359 g/mol. The molecule has 3 heterocycles. The summed E-state index contributed by atoms with van der Waals surface area (Å²) in [5.74, 6) is -0.341. The van der Waals surface area contributed by atoms with Gasteiger partial charge in [0.25, 0.3) is 0 Å². The highest BCUT2D eigenvalue weighted by Gasteiger charge is 2.25. The number of piperidine rings is 1. The molecule has 1 saturated heterocycles. The number of halogens is 3. The largest absolute Gasteiger partial charge is 0.465 e. The molecule has 0 spiro atoms. The zero-order valence-corrected chi connectivity index (χ0v) is 13.3. The molecule has 1 fully saturated rings. The first-order valence-electron chi connectivity index (χ1n) is 6.87. The second-order valence-corrected chi connectivity index (χ2v) is 5.87. The number of hydrogen-bond donors (Lipinski definition) is 2. The van der Waals surface area contributed by atoms with Crippen LogP contribution in [0, 0.1) is 5.82 Å². The van der Waals surface area contributed by atoms with Crippen LogP contribution in [0.15, 0.2) is 6.20 Å². The van der Waals surface area contributed by atoms with Gasteiger partial charge in [0.2, 0.25) is 5.28 Å². The quantitative estimate of drug-likeness (QED) is 0.632. The summed E-state index contributed by atoms with van der Waals surface area (Å²) in [6.07, 6.45) is 1.79. The molecule has 3 rings (SSSR count). The predicted molar refractivity (Wildman–Crippen MR) is 83.7 cm³/mol. The second-order valence-electron chi connectivity index (χ2n) is 5.18. The van der Waals surface area contributed by atoms with E-state index in [-0.39, 0.29) is 22.0 Å². The Morgan fingerprint density at radius 2 is 2.22 bits per heavy atom. The zero-order valence-electron chi connectivity index (χ0n) is 11.8. The van der Waals surface area contributed by atoms with Crippen LogP contribution >= 0.6 is 23.2 Å². The minimum Gasteiger partial charge on any atom is -0.465 e. The summed E-state index contributed by atoms with van der Waals surface area (Å²) < 4.78 is 14.1. The third-order valence-corrected chi connectivity index (χ3v) is 4.08. The van der Waals surface area contributed by atoms with E-state index in [1.165, 1.54) is 6.20 Å². The number of rotatable bonds is 2. The summed E-state index contributed by atoms with van der Waals surface area (Å²) in [7, 11) is 0. The minimum absolute atomic E-state index is 0.00619. The van der Waals surface area contributed by atoms with Gasteiger partial charge in [0.15, 0.2) is 11.0 Å². The predicted octanol–water partition coefficient (Wildman–Crippen LogP) is 2.71. The third kappa shape index (κ3) is 3.23. The Bertz CT molecular complexity index is 776. The number of nitrogens with zero attached hydrogens (tertiary/aromatic N) is 4. The van der Waals surface area contributed by atoms with E-state index in [0.29, 0.717) is 24.3 Å². The van der Waals surface area contributed by atoms with Gasteiger partial charge in [-0.05, 0) is 24.4 Å². The third-order valence-electron chi connectivity index (χ3n) is 3.64. The number of nitrogens with one attached hydrogen (secondary N) is 1. The van der Waals surface area contributed by atoms with Crippen LogP contribution in [-0.2, 0) is 0 Å².